The summed E-state index contributed by atoms with van der Waals surface area (Å²) in [7, 11) is 0. The van der Waals surface area contributed by atoms with E-state index in [2.05, 4.69) is 29.3 Å². The number of ether oxygens (including phenoxy) is 1. The minimum absolute atomic E-state index is 0.0880. The Kier molecular flexibility index (Phi) is 6.72. The molecule has 0 fully saturated rings. The van der Waals surface area contributed by atoms with Gasteiger partial charge in [0.05, 0.1) is 6.61 Å². The number of hydrogen-bond donors (Lipinski definition) is 0. The maximum Gasteiger partial charge on any atom is 0.296 e. The second kappa shape index (κ2) is 10.4. The third kappa shape index (κ3) is 4.82. The predicted octanol–water partition coefficient (Wildman–Crippen LogP) is 6.13. The molecule has 5 heteroatoms. The van der Waals surface area contributed by atoms with E-state index in [-0.39, 0.29) is 5.78 Å². The lowest BCUT2D eigenvalue weighted by atomic mass is 9.97. The van der Waals surface area contributed by atoms with Crippen LogP contribution in [0.3, 0.4) is 0 Å². The number of amidine groups is 1. The first-order chi connectivity index (χ1) is 17.6. The molecule has 5 nitrogen and oxygen atoms in total. The molecule has 0 aromatic heterocycles. The van der Waals surface area contributed by atoms with Crippen molar-refractivity contribution < 1.29 is 14.3 Å². The van der Waals surface area contributed by atoms with Crippen molar-refractivity contribution in [3.8, 4) is 11.1 Å². The molecule has 0 saturated carbocycles. The molecule has 178 valence electrons. The Morgan fingerprint density at radius 3 is 1.78 bits per heavy atom. The minimum atomic E-state index is -0.414. The smallest absolute Gasteiger partial charge is 0.296 e. The summed E-state index contributed by atoms with van der Waals surface area (Å²) in [5.41, 5.74) is 6.17. The Morgan fingerprint density at radius 2 is 1.19 bits per heavy atom. The van der Waals surface area contributed by atoms with Gasteiger partial charge in [0.15, 0.2) is 5.78 Å². The van der Waals surface area contributed by atoms with E-state index < -0.39 is 5.91 Å². The van der Waals surface area contributed by atoms with Crippen LogP contribution in [0.25, 0.3) is 11.1 Å². The van der Waals surface area contributed by atoms with Gasteiger partial charge in [0.2, 0.25) is 0 Å². The fraction of sp³-hybridized carbons (Fsp3) is 0.129. The summed E-state index contributed by atoms with van der Waals surface area (Å²) in [5, 5.41) is 0. The number of carbonyl (C=O) groups excluding carboxylic acids is 2. The van der Waals surface area contributed by atoms with Crippen molar-refractivity contribution in [1.82, 2.24) is 4.90 Å². The number of rotatable bonds is 4. The van der Waals surface area contributed by atoms with Crippen LogP contribution in [0.2, 0.25) is 0 Å². The zero-order valence-corrected chi connectivity index (χ0v) is 20.1. The molecule has 0 unspecified atom stereocenters. The van der Waals surface area contributed by atoms with Crippen LogP contribution in [0.4, 0.5) is 0 Å². The van der Waals surface area contributed by atoms with Crippen molar-refractivity contribution in [2.24, 2.45) is 4.99 Å². The normalized spacial score (nSPS) is 12.8. The van der Waals surface area contributed by atoms with Crippen LogP contribution in [0, 0.1) is 0 Å². The molecule has 0 saturated heterocycles. The lowest BCUT2D eigenvalue weighted by Gasteiger charge is -2.24. The molecule has 4 aromatic carbocycles. The second-order valence-electron chi connectivity index (χ2n) is 8.58. The summed E-state index contributed by atoms with van der Waals surface area (Å²) in [5.74, 6) is -0.502. The van der Waals surface area contributed by atoms with Crippen molar-refractivity contribution in [3.63, 3.8) is 0 Å². The van der Waals surface area contributed by atoms with Gasteiger partial charge in [0.1, 0.15) is 0 Å². The maximum atomic E-state index is 13.1. The molecule has 1 heterocycles. The first-order valence-corrected chi connectivity index (χ1v) is 12.0. The van der Waals surface area contributed by atoms with Gasteiger partial charge in [-0.1, -0.05) is 91.0 Å². The zero-order chi connectivity index (χ0) is 24.9. The Hall–Kier alpha value is -4.51. The molecular weight excluding hydrogens is 448 g/mol. The van der Waals surface area contributed by atoms with Crippen LogP contribution in [0.15, 0.2) is 108 Å². The third-order valence-electron chi connectivity index (χ3n) is 6.22. The summed E-state index contributed by atoms with van der Waals surface area (Å²) in [6.45, 7) is 3.41. The van der Waals surface area contributed by atoms with Gasteiger partial charge in [0.25, 0.3) is 11.9 Å². The summed E-state index contributed by atoms with van der Waals surface area (Å²) in [6.07, 6.45) is 0. The second-order valence-corrected chi connectivity index (χ2v) is 8.58. The van der Waals surface area contributed by atoms with Gasteiger partial charge in [0, 0.05) is 29.8 Å². The SMILES string of the molecule is CCO/C(=N\C(=O)c1ccc(C(=O)c2ccccc2)cc1)N1Cc2ccccc2-c2ccccc2C1. The summed E-state index contributed by atoms with van der Waals surface area (Å²) in [4.78, 5) is 32.2. The van der Waals surface area contributed by atoms with Crippen LogP contribution in [0.5, 0.6) is 0 Å². The average Bonchev–Trinajstić information content (AvgIpc) is 3.10. The largest absolute Gasteiger partial charge is 0.465 e. The van der Waals surface area contributed by atoms with E-state index in [9.17, 15) is 9.59 Å². The molecule has 36 heavy (non-hydrogen) atoms. The monoisotopic (exact) mass is 474 g/mol. The van der Waals surface area contributed by atoms with Gasteiger partial charge in [-0.15, -0.1) is 0 Å². The van der Waals surface area contributed by atoms with Crippen molar-refractivity contribution in [1.29, 1.82) is 0 Å². The molecule has 1 amide bonds. The van der Waals surface area contributed by atoms with E-state index in [1.165, 1.54) is 11.1 Å². The molecule has 0 radical (unpaired) electrons. The highest BCUT2D eigenvalue weighted by atomic mass is 16.5. The maximum absolute atomic E-state index is 13.1. The summed E-state index contributed by atoms with van der Waals surface area (Å²) < 4.78 is 5.88. The molecule has 0 atom stereocenters. The van der Waals surface area contributed by atoms with E-state index in [1.807, 2.05) is 54.3 Å². The van der Waals surface area contributed by atoms with E-state index >= 15 is 0 Å². The van der Waals surface area contributed by atoms with E-state index in [1.54, 1.807) is 36.4 Å². The van der Waals surface area contributed by atoms with Gasteiger partial charge in [-0.2, -0.15) is 4.99 Å². The molecule has 0 bridgehead atoms. The molecule has 0 aliphatic carbocycles. The van der Waals surface area contributed by atoms with Crippen LogP contribution < -0.4 is 0 Å². The van der Waals surface area contributed by atoms with Crippen molar-refractivity contribution in [3.05, 3.63) is 131 Å². The molecule has 5 rings (SSSR count). The minimum Gasteiger partial charge on any atom is -0.465 e. The van der Waals surface area contributed by atoms with Crippen LogP contribution in [0.1, 0.15) is 44.3 Å². The highest BCUT2D eigenvalue weighted by Crippen LogP contribution is 2.32. The third-order valence-corrected chi connectivity index (χ3v) is 6.22. The van der Waals surface area contributed by atoms with Gasteiger partial charge in [-0.05, 0) is 41.3 Å². The number of benzene rings is 4. The van der Waals surface area contributed by atoms with Gasteiger partial charge in [-0.25, -0.2) is 0 Å². The van der Waals surface area contributed by atoms with E-state index in [0.717, 1.165) is 11.1 Å². The first kappa shape index (κ1) is 23.2. The first-order valence-electron chi connectivity index (χ1n) is 12.0. The van der Waals surface area contributed by atoms with E-state index in [0.29, 0.717) is 42.4 Å². The number of amides is 1. The van der Waals surface area contributed by atoms with Gasteiger partial charge < -0.3 is 9.64 Å². The quantitative estimate of drug-likeness (QED) is 0.203. The van der Waals surface area contributed by atoms with Crippen molar-refractivity contribution >= 4 is 17.7 Å². The Balaban J connectivity index is 1.43. The number of nitrogens with zero attached hydrogens (tertiary/aromatic N) is 2. The van der Waals surface area contributed by atoms with Crippen LogP contribution in [-0.4, -0.2) is 29.2 Å². The standard InChI is InChI=1S/C31H26N2O3/c1-2-36-31(33-20-25-12-6-8-14-27(25)28-15-9-7-13-26(28)21-33)32-30(35)24-18-16-23(17-19-24)29(34)22-10-4-3-5-11-22/h3-19H,2,20-21H2,1H3/b32-31-. The van der Waals surface area contributed by atoms with Crippen molar-refractivity contribution in [2.45, 2.75) is 20.0 Å². The Morgan fingerprint density at radius 1 is 0.694 bits per heavy atom. The van der Waals surface area contributed by atoms with Crippen LogP contribution >= 0.6 is 0 Å². The number of aliphatic imine (C=N–C) groups is 1. The number of fused-ring (bicyclic) bond motifs is 3. The molecule has 0 spiro atoms. The molecule has 1 aliphatic rings. The lowest BCUT2D eigenvalue weighted by Crippen LogP contribution is -2.32. The van der Waals surface area contributed by atoms with Gasteiger partial charge in [-0.3, -0.25) is 9.59 Å². The fourth-order valence-electron chi connectivity index (χ4n) is 4.44. The highest BCUT2D eigenvalue weighted by Gasteiger charge is 2.23. The average molecular weight is 475 g/mol. The molecule has 4 aromatic rings. The molecule has 0 N–H and O–H groups in total. The zero-order valence-electron chi connectivity index (χ0n) is 20.1. The predicted molar refractivity (Wildman–Crippen MR) is 141 cm³/mol. The number of carbonyl (C=O) groups is 2. The Labute approximate surface area is 210 Å². The van der Waals surface area contributed by atoms with Crippen LogP contribution in [-0.2, 0) is 17.8 Å². The molecular formula is C31H26N2O3. The number of ketones is 1. The van der Waals surface area contributed by atoms with E-state index in [4.69, 9.17) is 4.74 Å². The Bertz CT molecular complexity index is 1380. The van der Waals surface area contributed by atoms with Gasteiger partial charge >= 0.3 is 0 Å². The number of hydrogen-bond acceptors (Lipinski definition) is 3. The highest BCUT2D eigenvalue weighted by molar-refractivity contribution is 6.09. The topological polar surface area (TPSA) is 59.0 Å². The molecule has 1 aliphatic heterocycles. The lowest BCUT2D eigenvalue weighted by molar-refractivity contribution is 0.0990. The van der Waals surface area contributed by atoms with Crippen molar-refractivity contribution in [2.75, 3.05) is 6.61 Å². The summed E-state index contributed by atoms with van der Waals surface area (Å²) in [6, 6.07) is 32.5. The fourth-order valence-corrected chi connectivity index (χ4v) is 4.44. The summed E-state index contributed by atoms with van der Waals surface area (Å²) >= 11 is 0.